The van der Waals surface area contributed by atoms with E-state index in [2.05, 4.69) is 0 Å². The number of alkyl halides is 17. The summed E-state index contributed by atoms with van der Waals surface area (Å²) in [4.78, 5) is 12.4. The third kappa shape index (κ3) is 6.21. The van der Waals surface area contributed by atoms with E-state index in [1.54, 1.807) is 0 Å². The van der Waals surface area contributed by atoms with Gasteiger partial charge in [0.25, 0.3) is 0 Å². The number of esters is 1. The molecule has 0 unspecified atom stereocenters. The Bertz CT molecular complexity index is 1190. The highest BCUT2D eigenvalue weighted by Gasteiger charge is 2.95. The number of halogens is 17. The Hall–Kier alpha value is -1.92. The van der Waals surface area contributed by atoms with Crippen molar-refractivity contribution in [2.45, 2.75) is 130 Å². The Labute approximate surface area is 251 Å². The van der Waals surface area contributed by atoms with Crippen LogP contribution in [0, 0.1) is 0 Å². The summed E-state index contributed by atoms with van der Waals surface area (Å²) in [5, 5.41) is 0. The summed E-state index contributed by atoms with van der Waals surface area (Å²) in [6.45, 7) is 5.29. The van der Waals surface area contributed by atoms with Crippen LogP contribution in [-0.2, 0) is 33.2 Å². The van der Waals surface area contributed by atoms with E-state index in [0.29, 0.717) is 0 Å². The zero-order chi connectivity index (χ0) is 36.8. The van der Waals surface area contributed by atoms with Gasteiger partial charge < -0.3 is 28.4 Å². The summed E-state index contributed by atoms with van der Waals surface area (Å²) in [6, 6.07) is 0. The molecule has 3 saturated heterocycles. The van der Waals surface area contributed by atoms with Gasteiger partial charge in [-0.25, -0.2) is 0 Å². The maximum Gasteiger partial charge on any atom is 0.460 e. The Kier molecular flexibility index (Phi) is 9.50. The molecule has 0 spiro atoms. The van der Waals surface area contributed by atoms with Crippen molar-refractivity contribution in [3.63, 3.8) is 0 Å². The van der Waals surface area contributed by atoms with Crippen LogP contribution in [0.1, 0.15) is 40.5 Å². The maximum absolute atomic E-state index is 14.3. The second kappa shape index (κ2) is 11.3. The first kappa shape index (κ1) is 39.5. The van der Waals surface area contributed by atoms with Gasteiger partial charge in [-0.05, 0) is 27.7 Å². The molecule has 3 heterocycles. The van der Waals surface area contributed by atoms with Gasteiger partial charge in [-0.3, -0.25) is 4.79 Å². The predicted molar refractivity (Wildman–Crippen MR) is 113 cm³/mol. The first-order valence-electron chi connectivity index (χ1n) is 12.8. The molecule has 0 aromatic rings. The third-order valence-electron chi connectivity index (χ3n) is 7.12. The molecule has 5 atom stereocenters. The van der Waals surface area contributed by atoms with Crippen LogP contribution in [0.15, 0.2) is 0 Å². The van der Waals surface area contributed by atoms with Gasteiger partial charge in [0.1, 0.15) is 12.2 Å². The standard InChI is InChI=1S/C23H23F17O7/c1-14(2)42-7-8(45-14)10-11(12-13(44-10)47-15(3,4)46-12)43-9(41)5-6-16(24,25)17(26,27)18(28,29)19(30,31)20(32,33)21(34,35)22(36,37)23(38,39)40/h8,10-13H,5-7H2,1-4H3/t8-,10-,11+,12-,13-/m1/s1. The molecule has 0 saturated carbocycles. The molecule has 0 bridgehead atoms. The molecule has 0 aromatic heterocycles. The lowest BCUT2D eigenvalue weighted by molar-refractivity contribution is -0.461. The number of hydrogen-bond donors (Lipinski definition) is 0. The summed E-state index contributed by atoms with van der Waals surface area (Å²) < 4.78 is 262. The molecule has 0 aliphatic carbocycles. The van der Waals surface area contributed by atoms with Crippen molar-refractivity contribution >= 4 is 5.97 Å². The highest BCUT2D eigenvalue weighted by molar-refractivity contribution is 5.69. The van der Waals surface area contributed by atoms with Crippen LogP contribution in [0.4, 0.5) is 74.6 Å². The second-order valence-corrected chi connectivity index (χ2v) is 11.5. The highest BCUT2D eigenvalue weighted by Crippen LogP contribution is 2.64. The predicted octanol–water partition coefficient (Wildman–Crippen LogP) is 6.72. The summed E-state index contributed by atoms with van der Waals surface area (Å²) in [6.07, 6.45) is -19.9. The fraction of sp³-hybridized carbons (Fsp3) is 0.957. The number of rotatable bonds is 11. The topological polar surface area (TPSA) is 72.5 Å². The number of hydrogen-bond acceptors (Lipinski definition) is 7. The molecule has 47 heavy (non-hydrogen) atoms. The zero-order valence-corrected chi connectivity index (χ0v) is 23.8. The van der Waals surface area contributed by atoms with Crippen molar-refractivity contribution in [3.05, 3.63) is 0 Å². The van der Waals surface area contributed by atoms with Crippen molar-refractivity contribution in [2.75, 3.05) is 6.61 Å². The zero-order valence-electron chi connectivity index (χ0n) is 23.8. The fourth-order valence-electron chi connectivity index (χ4n) is 4.64. The molecule has 0 radical (unpaired) electrons. The second-order valence-electron chi connectivity index (χ2n) is 11.5. The molecule has 0 amide bonds. The van der Waals surface area contributed by atoms with Gasteiger partial charge in [-0.15, -0.1) is 0 Å². The van der Waals surface area contributed by atoms with Crippen molar-refractivity contribution in [1.82, 2.24) is 0 Å². The van der Waals surface area contributed by atoms with Crippen LogP contribution in [-0.4, -0.2) is 102 Å². The van der Waals surface area contributed by atoms with Gasteiger partial charge in [-0.2, -0.15) is 74.6 Å². The Morgan fingerprint density at radius 2 is 1.11 bits per heavy atom. The van der Waals surface area contributed by atoms with Crippen LogP contribution in [0.25, 0.3) is 0 Å². The van der Waals surface area contributed by atoms with Gasteiger partial charge >= 0.3 is 53.6 Å². The van der Waals surface area contributed by atoms with E-state index in [4.69, 9.17) is 28.4 Å². The molecular weight excluding hydrogens is 711 g/mol. The minimum atomic E-state index is -8.74. The van der Waals surface area contributed by atoms with Gasteiger partial charge in [0.05, 0.1) is 13.0 Å². The average Bonchev–Trinajstić information content (AvgIpc) is 3.50. The summed E-state index contributed by atoms with van der Waals surface area (Å²) in [5.74, 6) is -62.1. The number of carbonyl (C=O) groups excluding carboxylic acids is 1. The van der Waals surface area contributed by atoms with E-state index >= 15 is 0 Å². The van der Waals surface area contributed by atoms with E-state index in [1.807, 2.05) is 0 Å². The van der Waals surface area contributed by atoms with E-state index in [9.17, 15) is 79.4 Å². The van der Waals surface area contributed by atoms with E-state index in [-0.39, 0.29) is 6.61 Å². The summed E-state index contributed by atoms with van der Waals surface area (Å²) in [5.41, 5.74) is 0. The normalized spacial score (nSPS) is 29.3. The molecule has 3 rings (SSSR count). The molecule has 0 N–H and O–H groups in total. The van der Waals surface area contributed by atoms with Gasteiger partial charge in [0.2, 0.25) is 0 Å². The van der Waals surface area contributed by atoms with Crippen LogP contribution in [0.5, 0.6) is 0 Å². The lowest BCUT2D eigenvalue weighted by Crippen LogP contribution is -2.74. The average molecular weight is 734 g/mol. The molecule has 3 fully saturated rings. The van der Waals surface area contributed by atoms with Crippen molar-refractivity contribution in [3.8, 4) is 0 Å². The fourth-order valence-corrected chi connectivity index (χ4v) is 4.64. The van der Waals surface area contributed by atoms with Crippen molar-refractivity contribution in [2.24, 2.45) is 0 Å². The Morgan fingerprint density at radius 3 is 1.55 bits per heavy atom. The van der Waals surface area contributed by atoms with E-state index in [0.717, 1.165) is 0 Å². The van der Waals surface area contributed by atoms with E-state index < -0.39 is 109 Å². The lowest BCUT2D eigenvalue weighted by Gasteiger charge is -2.42. The molecule has 3 aliphatic rings. The van der Waals surface area contributed by atoms with Gasteiger partial charge in [0.15, 0.2) is 30.1 Å². The Morgan fingerprint density at radius 1 is 0.638 bits per heavy atom. The van der Waals surface area contributed by atoms with Gasteiger partial charge in [-0.1, -0.05) is 0 Å². The number of carbonyl (C=O) groups is 1. The van der Waals surface area contributed by atoms with Crippen LogP contribution >= 0.6 is 0 Å². The maximum atomic E-state index is 14.3. The van der Waals surface area contributed by atoms with Crippen LogP contribution in [0.2, 0.25) is 0 Å². The first-order chi connectivity index (χ1) is 20.6. The summed E-state index contributed by atoms with van der Waals surface area (Å²) in [7, 11) is 0. The minimum Gasteiger partial charge on any atom is -0.456 e. The first-order valence-corrected chi connectivity index (χ1v) is 12.8. The largest absolute Gasteiger partial charge is 0.460 e. The van der Waals surface area contributed by atoms with Gasteiger partial charge in [0, 0.05) is 6.42 Å². The Balaban J connectivity index is 1.82. The van der Waals surface area contributed by atoms with Crippen LogP contribution < -0.4 is 0 Å². The molecule has 3 aliphatic heterocycles. The number of fused-ring (bicyclic) bond motifs is 1. The van der Waals surface area contributed by atoms with Crippen molar-refractivity contribution < 1.29 is 108 Å². The van der Waals surface area contributed by atoms with E-state index in [1.165, 1.54) is 27.7 Å². The smallest absolute Gasteiger partial charge is 0.456 e. The molecule has 0 aromatic carbocycles. The number of ether oxygens (including phenoxy) is 6. The SMILES string of the molecule is CC1(C)O[C@H]2O[C@H]([C@H]3COC(C)(C)O3)[C@H](OC(=O)CCC(F)(F)C(F)(F)C(F)(F)C(F)(F)C(F)(F)C(F)(F)C(F)(F)C(F)(F)F)[C@H]2O1. The molecule has 24 heteroatoms. The quantitative estimate of drug-likeness (QED) is 0.173. The molecule has 7 nitrogen and oxygen atoms in total. The molecular formula is C23H23F17O7. The van der Waals surface area contributed by atoms with Crippen LogP contribution in [0.3, 0.4) is 0 Å². The minimum absolute atomic E-state index is 0.249. The monoisotopic (exact) mass is 734 g/mol. The third-order valence-corrected chi connectivity index (χ3v) is 7.12. The summed E-state index contributed by atoms with van der Waals surface area (Å²) >= 11 is 0. The molecule has 276 valence electrons. The highest BCUT2D eigenvalue weighted by atomic mass is 19.4. The van der Waals surface area contributed by atoms with Crippen molar-refractivity contribution in [1.29, 1.82) is 0 Å². The lowest BCUT2D eigenvalue weighted by atomic mass is 9.88.